The molecule has 3 rings (SSSR count). The van der Waals surface area contributed by atoms with Gasteiger partial charge in [0.2, 0.25) is 0 Å². The molecule has 0 spiro atoms. The Morgan fingerprint density at radius 2 is 2.11 bits per heavy atom. The molecule has 2 atom stereocenters. The highest BCUT2D eigenvalue weighted by atomic mass is 35.5. The number of piperazine rings is 1. The van der Waals surface area contributed by atoms with E-state index in [0.29, 0.717) is 6.04 Å². The van der Waals surface area contributed by atoms with Crippen LogP contribution in [0.5, 0.6) is 0 Å². The summed E-state index contributed by atoms with van der Waals surface area (Å²) in [5.41, 5.74) is 2.44. The van der Waals surface area contributed by atoms with Crippen molar-refractivity contribution in [2.75, 3.05) is 24.5 Å². The summed E-state index contributed by atoms with van der Waals surface area (Å²) in [6, 6.07) is 7.80. The Balaban J connectivity index is 1.84. The molecule has 0 saturated carbocycles. The number of hydrogen-bond donors (Lipinski definition) is 0. The summed E-state index contributed by atoms with van der Waals surface area (Å²) >= 11 is 6.25. The van der Waals surface area contributed by atoms with E-state index < -0.39 is 0 Å². The lowest BCUT2D eigenvalue weighted by Crippen LogP contribution is -2.55. The van der Waals surface area contributed by atoms with Crippen LogP contribution in [-0.4, -0.2) is 36.6 Å². The van der Waals surface area contributed by atoms with Crippen molar-refractivity contribution in [2.24, 2.45) is 0 Å². The monoisotopic (exact) mass is 264 g/mol. The molecule has 0 bridgehead atoms. The normalized spacial score (nSPS) is 28.5. The van der Waals surface area contributed by atoms with E-state index in [1.165, 1.54) is 31.6 Å². The molecule has 1 aromatic carbocycles. The minimum atomic E-state index is 0.582. The van der Waals surface area contributed by atoms with E-state index in [1.54, 1.807) is 0 Å². The van der Waals surface area contributed by atoms with E-state index in [4.69, 9.17) is 11.6 Å². The van der Waals surface area contributed by atoms with Gasteiger partial charge in [0, 0.05) is 35.9 Å². The molecule has 2 heterocycles. The molecule has 18 heavy (non-hydrogen) atoms. The third-order valence-corrected chi connectivity index (χ3v) is 4.83. The van der Waals surface area contributed by atoms with E-state index in [2.05, 4.69) is 41.8 Å². The Bertz CT molecular complexity index is 446. The lowest BCUT2D eigenvalue weighted by Gasteiger charge is -2.43. The highest BCUT2D eigenvalue weighted by Gasteiger charge is 2.34. The van der Waals surface area contributed by atoms with Gasteiger partial charge in [0.05, 0.1) is 0 Å². The van der Waals surface area contributed by atoms with Crippen LogP contribution in [0.1, 0.15) is 25.3 Å². The predicted octanol–water partition coefficient (Wildman–Crippen LogP) is 3.32. The number of rotatable bonds is 1. The molecule has 2 aliphatic rings. The number of anilines is 1. The van der Waals surface area contributed by atoms with Crippen LogP contribution in [0.15, 0.2) is 18.2 Å². The van der Waals surface area contributed by atoms with Gasteiger partial charge in [0.1, 0.15) is 0 Å². The van der Waals surface area contributed by atoms with Crippen molar-refractivity contribution in [3.8, 4) is 0 Å². The lowest BCUT2D eigenvalue weighted by molar-refractivity contribution is 0.203. The van der Waals surface area contributed by atoms with Crippen LogP contribution in [0.2, 0.25) is 5.02 Å². The fourth-order valence-corrected chi connectivity index (χ4v) is 3.48. The SMILES string of the molecule is Cc1ccc(N2CC3CCCN3CC2C)cc1Cl. The molecule has 2 saturated heterocycles. The number of halogens is 1. The number of fused-ring (bicyclic) bond motifs is 1. The molecule has 1 aromatic rings. The summed E-state index contributed by atoms with van der Waals surface area (Å²) in [6.45, 7) is 8.01. The predicted molar refractivity (Wildman–Crippen MR) is 77.6 cm³/mol. The zero-order chi connectivity index (χ0) is 12.7. The number of hydrogen-bond acceptors (Lipinski definition) is 2. The Labute approximate surface area is 115 Å². The minimum Gasteiger partial charge on any atom is -0.366 e. The maximum atomic E-state index is 6.25. The first-order chi connectivity index (χ1) is 8.65. The standard InChI is InChI=1S/C15H21ClN2/c1-11-5-6-13(8-15(11)16)18-10-14-4-3-7-17(14)9-12(18)2/h5-6,8,12,14H,3-4,7,9-10H2,1-2H3. The zero-order valence-electron chi connectivity index (χ0n) is 11.2. The fourth-order valence-electron chi connectivity index (χ4n) is 3.31. The van der Waals surface area contributed by atoms with Crippen molar-refractivity contribution < 1.29 is 0 Å². The molecular weight excluding hydrogens is 244 g/mol. The molecule has 98 valence electrons. The van der Waals surface area contributed by atoms with Crippen molar-refractivity contribution in [3.05, 3.63) is 28.8 Å². The topological polar surface area (TPSA) is 6.48 Å². The molecule has 2 fully saturated rings. The van der Waals surface area contributed by atoms with Crippen molar-refractivity contribution in [2.45, 2.75) is 38.8 Å². The lowest BCUT2D eigenvalue weighted by atomic mass is 10.1. The average molecular weight is 265 g/mol. The molecule has 0 amide bonds. The van der Waals surface area contributed by atoms with Gasteiger partial charge in [-0.2, -0.15) is 0 Å². The van der Waals surface area contributed by atoms with Crippen molar-refractivity contribution >= 4 is 17.3 Å². The van der Waals surface area contributed by atoms with Gasteiger partial charge in [-0.3, -0.25) is 4.90 Å². The van der Waals surface area contributed by atoms with E-state index >= 15 is 0 Å². The first-order valence-electron chi connectivity index (χ1n) is 6.92. The number of nitrogens with zero attached hydrogens (tertiary/aromatic N) is 2. The van der Waals surface area contributed by atoms with Crippen LogP contribution in [0.4, 0.5) is 5.69 Å². The van der Waals surface area contributed by atoms with Crippen molar-refractivity contribution in [3.63, 3.8) is 0 Å². The summed E-state index contributed by atoms with van der Waals surface area (Å²) in [4.78, 5) is 5.18. The van der Waals surface area contributed by atoms with E-state index in [0.717, 1.165) is 23.2 Å². The van der Waals surface area contributed by atoms with Crippen LogP contribution in [0.3, 0.4) is 0 Å². The molecule has 2 unspecified atom stereocenters. The van der Waals surface area contributed by atoms with Gasteiger partial charge in [-0.1, -0.05) is 17.7 Å². The second-order valence-corrected chi connectivity index (χ2v) is 6.13. The van der Waals surface area contributed by atoms with Crippen molar-refractivity contribution in [1.29, 1.82) is 0 Å². The Morgan fingerprint density at radius 1 is 1.28 bits per heavy atom. The molecule has 2 aliphatic heterocycles. The second kappa shape index (κ2) is 4.75. The third kappa shape index (κ3) is 2.12. The molecular formula is C15H21ClN2. The minimum absolute atomic E-state index is 0.582. The maximum Gasteiger partial charge on any atom is 0.0455 e. The van der Waals surface area contributed by atoms with Crippen LogP contribution in [0.25, 0.3) is 0 Å². The van der Waals surface area contributed by atoms with Gasteiger partial charge in [0.25, 0.3) is 0 Å². The summed E-state index contributed by atoms with van der Waals surface area (Å²) < 4.78 is 0. The highest BCUT2D eigenvalue weighted by Crippen LogP contribution is 2.30. The second-order valence-electron chi connectivity index (χ2n) is 5.73. The average Bonchev–Trinajstić information content (AvgIpc) is 2.79. The number of benzene rings is 1. The third-order valence-electron chi connectivity index (χ3n) is 4.42. The summed E-state index contributed by atoms with van der Waals surface area (Å²) in [5.74, 6) is 0. The van der Waals surface area contributed by atoms with Gasteiger partial charge in [-0.15, -0.1) is 0 Å². The largest absolute Gasteiger partial charge is 0.366 e. The Kier molecular flexibility index (Phi) is 3.25. The van der Waals surface area contributed by atoms with Gasteiger partial charge in [-0.05, 0) is 50.9 Å². The van der Waals surface area contributed by atoms with Gasteiger partial charge >= 0.3 is 0 Å². The molecule has 3 heteroatoms. The van der Waals surface area contributed by atoms with Crippen LogP contribution < -0.4 is 4.90 Å². The quantitative estimate of drug-likeness (QED) is 0.768. The van der Waals surface area contributed by atoms with Crippen molar-refractivity contribution in [1.82, 2.24) is 4.90 Å². The first kappa shape index (κ1) is 12.3. The number of aryl methyl sites for hydroxylation is 1. The summed E-state index contributed by atoms with van der Waals surface area (Å²) in [6.07, 6.45) is 2.71. The van der Waals surface area contributed by atoms with E-state index in [-0.39, 0.29) is 0 Å². The first-order valence-corrected chi connectivity index (χ1v) is 7.30. The highest BCUT2D eigenvalue weighted by molar-refractivity contribution is 6.31. The maximum absolute atomic E-state index is 6.25. The van der Waals surface area contributed by atoms with Crippen LogP contribution >= 0.6 is 11.6 Å². The molecule has 2 nitrogen and oxygen atoms in total. The Morgan fingerprint density at radius 3 is 2.89 bits per heavy atom. The van der Waals surface area contributed by atoms with Gasteiger partial charge in [-0.25, -0.2) is 0 Å². The summed E-state index contributed by atoms with van der Waals surface area (Å²) in [5, 5.41) is 0.883. The molecule has 0 radical (unpaired) electrons. The van der Waals surface area contributed by atoms with Gasteiger partial charge < -0.3 is 4.90 Å². The Hall–Kier alpha value is -0.730. The van der Waals surface area contributed by atoms with Gasteiger partial charge in [0.15, 0.2) is 0 Å². The smallest absolute Gasteiger partial charge is 0.0455 e. The zero-order valence-corrected chi connectivity index (χ0v) is 12.0. The summed E-state index contributed by atoms with van der Waals surface area (Å²) in [7, 11) is 0. The van der Waals surface area contributed by atoms with E-state index in [1.807, 2.05) is 0 Å². The molecule has 0 aromatic heterocycles. The molecule has 0 N–H and O–H groups in total. The van der Waals surface area contributed by atoms with E-state index in [9.17, 15) is 0 Å². The van der Waals surface area contributed by atoms with Crippen LogP contribution in [0, 0.1) is 6.92 Å². The molecule has 0 aliphatic carbocycles. The van der Waals surface area contributed by atoms with Crippen LogP contribution in [-0.2, 0) is 0 Å². The fraction of sp³-hybridized carbons (Fsp3) is 0.600.